The molecule has 0 atom stereocenters. The van der Waals surface area contributed by atoms with E-state index in [4.69, 9.17) is 5.73 Å². The van der Waals surface area contributed by atoms with Crippen LogP contribution in [0.3, 0.4) is 0 Å². The van der Waals surface area contributed by atoms with E-state index in [0.29, 0.717) is 6.54 Å². The van der Waals surface area contributed by atoms with Gasteiger partial charge in [0.05, 0.1) is 5.69 Å². The van der Waals surface area contributed by atoms with Crippen LogP contribution in [0.4, 0.5) is 0 Å². The third-order valence-electron chi connectivity index (χ3n) is 2.42. The summed E-state index contributed by atoms with van der Waals surface area (Å²) < 4.78 is 1.74. The van der Waals surface area contributed by atoms with E-state index in [0.717, 1.165) is 27.1 Å². The third kappa shape index (κ3) is 1.69. The van der Waals surface area contributed by atoms with Crippen LogP contribution in [0.5, 0.6) is 0 Å². The first-order valence-corrected chi connectivity index (χ1v) is 5.94. The zero-order valence-electron chi connectivity index (χ0n) is 9.16. The fraction of sp³-hybridized carbons (Fsp3) is 0.200. The van der Waals surface area contributed by atoms with Gasteiger partial charge in [0, 0.05) is 18.3 Å². The normalized spacial score (nSPS) is 11.2. The average molecular weight is 246 g/mol. The highest BCUT2D eigenvalue weighted by Crippen LogP contribution is 2.25. The first-order chi connectivity index (χ1) is 8.28. The quantitative estimate of drug-likeness (QED) is 0.730. The van der Waals surface area contributed by atoms with Gasteiger partial charge in [-0.1, -0.05) is 11.3 Å². The Morgan fingerprint density at radius 3 is 3.06 bits per heavy atom. The highest BCUT2D eigenvalue weighted by Gasteiger charge is 2.10. The molecular formula is C10H10N6S. The van der Waals surface area contributed by atoms with E-state index in [2.05, 4.69) is 20.3 Å². The van der Waals surface area contributed by atoms with Crippen molar-refractivity contribution in [1.29, 1.82) is 0 Å². The molecule has 0 aromatic carbocycles. The fourth-order valence-corrected chi connectivity index (χ4v) is 2.44. The molecule has 86 valence electrons. The molecule has 3 rings (SSSR count). The minimum absolute atomic E-state index is 0.428. The molecule has 0 fully saturated rings. The van der Waals surface area contributed by atoms with Crippen LogP contribution in [-0.4, -0.2) is 24.8 Å². The predicted molar refractivity (Wildman–Crippen MR) is 64.5 cm³/mol. The fourth-order valence-electron chi connectivity index (χ4n) is 1.55. The van der Waals surface area contributed by atoms with Crippen molar-refractivity contribution in [2.75, 3.05) is 0 Å². The maximum Gasteiger partial charge on any atom is 0.234 e. The molecule has 0 radical (unpaired) electrons. The average Bonchev–Trinajstić information content (AvgIpc) is 2.92. The summed E-state index contributed by atoms with van der Waals surface area (Å²) in [6, 6.07) is 3.86. The van der Waals surface area contributed by atoms with Gasteiger partial charge in [-0.25, -0.2) is 0 Å². The molecule has 17 heavy (non-hydrogen) atoms. The first kappa shape index (κ1) is 10.3. The number of aryl methyl sites for hydroxylation is 1. The van der Waals surface area contributed by atoms with Crippen molar-refractivity contribution in [3.05, 3.63) is 29.8 Å². The molecule has 0 amide bonds. The maximum atomic E-state index is 5.57. The van der Waals surface area contributed by atoms with Crippen molar-refractivity contribution < 1.29 is 0 Å². The molecule has 0 aliphatic heterocycles. The van der Waals surface area contributed by atoms with E-state index in [-0.39, 0.29) is 0 Å². The molecule has 0 bridgehead atoms. The highest BCUT2D eigenvalue weighted by molar-refractivity contribution is 7.19. The summed E-state index contributed by atoms with van der Waals surface area (Å²) in [5.74, 6) is 0.788. The molecular weight excluding hydrogens is 236 g/mol. The molecule has 3 heterocycles. The zero-order chi connectivity index (χ0) is 11.8. The summed E-state index contributed by atoms with van der Waals surface area (Å²) in [5.41, 5.74) is 7.43. The van der Waals surface area contributed by atoms with Crippen LogP contribution in [0.15, 0.2) is 18.3 Å². The van der Waals surface area contributed by atoms with Crippen LogP contribution in [-0.2, 0) is 6.54 Å². The van der Waals surface area contributed by atoms with E-state index in [1.807, 2.05) is 19.1 Å². The van der Waals surface area contributed by atoms with Gasteiger partial charge in [0.2, 0.25) is 4.96 Å². The lowest BCUT2D eigenvalue weighted by atomic mass is 10.2. The van der Waals surface area contributed by atoms with Crippen LogP contribution in [0, 0.1) is 6.92 Å². The number of aromatic nitrogens is 5. The lowest BCUT2D eigenvalue weighted by molar-refractivity contribution is 0.897. The molecule has 6 nitrogen and oxygen atoms in total. The lowest BCUT2D eigenvalue weighted by Gasteiger charge is -1.98. The van der Waals surface area contributed by atoms with Crippen LogP contribution in [0.25, 0.3) is 15.5 Å². The van der Waals surface area contributed by atoms with Crippen LogP contribution >= 0.6 is 11.3 Å². The van der Waals surface area contributed by atoms with E-state index in [1.54, 1.807) is 10.7 Å². The second-order valence-electron chi connectivity index (χ2n) is 3.59. The summed E-state index contributed by atoms with van der Waals surface area (Å²) >= 11 is 1.50. The largest absolute Gasteiger partial charge is 0.325 e. The predicted octanol–water partition coefficient (Wildman–Crippen LogP) is 1.01. The van der Waals surface area contributed by atoms with Crippen LogP contribution in [0.2, 0.25) is 0 Å². The van der Waals surface area contributed by atoms with E-state index in [1.165, 1.54) is 11.3 Å². The Labute approximate surface area is 101 Å². The van der Waals surface area contributed by atoms with Crippen molar-refractivity contribution in [2.24, 2.45) is 5.73 Å². The van der Waals surface area contributed by atoms with Crippen molar-refractivity contribution in [3.63, 3.8) is 0 Å². The Morgan fingerprint density at radius 1 is 1.41 bits per heavy atom. The second-order valence-corrected chi connectivity index (χ2v) is 4.54. The highest BCUT2D eigenvalue weighted by atomic mass is 32.1. The Hall–Kier alpha value is -1.86. The molecule has 0 aliphatic rings. The standard InChI is InChI=1S/C10H10N6S/c1-6-13-14-10-16(6)15-9(17-10)7-2-3-12-8(4-7)5-11/h2-4H,5,11H2,1H3. The van der Waals surface area contributed by atoms with Gasteiger partial charge in [0.25, 0.3) is 0 Å². The first-order valence-electron chi connectivity index (χ1n) is 5.12. The topological polar surface area (TPSA) is 82.0 Å². The summed E-state index contributed by atoms with van der Waals surface area (Å²) in [7, 11) is 0. The number of hydrogen-bond donors (Lipinski definition) is 1. The maximum absolute atomic E-state index is 5.57. The van der Waals surface area contributed by atoms with Gasteiger partial charge >= 0.3 is 0 Å². The number of hydrogen-bond acceptors (Lipinski definition) is 6. The molecule has 0 saturated heterocycles. The van der Waals surface area contributed by atoms with Crippen molar-refractivity contribution in [3.8, 4) is 10.6 Å². The van der Waals surface area contributed by atoms with Gasteiger partial charge in [-0.15, -0.1) is 10.2 Å². The van der Waals surface area contributed by atoms with Gasteiger partial charge in [0.15, 0.2) is 5.82 Å². The SMILES string of the molecule is Cc1nnc2sc(-c3ccnc(CN)c3)nn12. The van der Waals surface area contributed by atoms with Crippen LogP contribution < -0.4 is 5.73 Å². The van der Waals surface area contributed by atoms with Gasteiger partial charge in [-0.3, -0.25) is 4.98 Å². The Balaban J connectivity index is 2.13. The summed E-state index contributed by atoms with van der Waals surface area (Å²) in [5, 5.41) is 13.3. The molecule has 2 N–H and O–H groups in total. The Kier molecular flexibility index (Phi) is 2.34. The Morgan fingerprint density at radius 2 is 2.29 bits per heavy atom. The monoisotopic (exact) mass is 246 g/mol. The summed E-state index contributed by atoms with van der Waals surface area (Å²) in [6.07, 6.45) is 1.74. The lowest BCUT2D eigenvalue weighted by Crippen LogP contribution is -1.99. The van der Waals surface area contributed by atoms with Gasteiger partial charge in [-0.05, 0) is 19.1 Å². The minimum Gasteiger partial charge on any atom is -0.325 e. The minimum atomic E-state index is 0.428. The number of rotatable bonds is 2. The van der Waals surface area contributed by atoms with Gasteiger partial charge in [0.1, 0.15) is 5.01 Å². The Bertz CT molecular complexity index is 670. The third-order valence-corrected chi connectivity index (χ3v) is 3.37. The summed E-state index contributed by atoms with van der Waals surface area (Å²) in [6.45, 7) is 2.30. The van der Waals surface area contributed by atoms with Crippen molar-refractivity contribution >= 4 is 16.3 Å². The molecule has 0 aliphatic carbocycles. The molecule has 3 aromatic heterocycles. The zero-order valence-corrected chi connectivity index (χ0v) is 9.98. The van der Waals surface area contributed by atoms with Crippen molar-refractivity contribution in [2.45, 2.75) is 13.5 Å². The molecule has 0 spiro atoms. The van der Waals surface area contributed by atoms with E-state index >= 15 is 0 Å². The van der Waals surface area contributed by atoms with E-state index < -0.39 is 0 Å². The number of nitrogens with zero attached hydrogens (tertiary/aromatic N) is 5. The molecule has 7 heteroatoms. The number of fused-ring (bicyclic) bond motifs is 1. The van der Waals surface area contributed by atoms with E-state index in [9.17, 15) is 0 Å². The molecule has 3 aromatic rings. The number of pyridine rings is 1. The molecule has 0 saturated carbocycles. The van der Waals surface area contributed by atoms with Gasteiger partial charge < -0.3 is 5.73 Å². The van der Waals surface area contributed by atoms with Gasteiger partial charge in [-0.2, -0.15) is 9.61 Å². The van der Waals surface area contributed by atoms with Crippen LogP contribution in [0.1, 0.15) is 11.5 Å². The number of nitrogens with two attached hydrogens (primary N) is 1. The smallest absolute Gasteiger partial charge is 0.234 e. The van der Waals surface area contributed by atoms with Crippen molar-refractivity contribution in [1.82, 2.24) is 24.8 Å². The second kappa shape index (κ2) is 3.86. The molecule has 0 unspecified atom stereocenters. The summed E-state index contributed by atoms with van der Waals surface area (Å²) in [4.78, 5) is 4.95.